The van der Waals surface area contributed by atoms with Crippen LogP contribution in [0.15, 0.2) is 23.0 Å². The van der Waals surface area contributed by atoms with Crippen molar-refractivity contribution in [2.75, 3.05) is 79.3 Å². The Kier molecular flexibility index (Phi) is 8.11. The fraction of sp³-hybridized carbons (Fsp3) is 0.368. The van der Waals surface area contributed by atoms with E-state index in [1.807, 2.05) is 0 Å². The molecule has 0 saturated carbocycles. The number of thioether (sulfide) groups is 2. The molecule has 0 N–H and O–H groups in total. The number of thiophene rings is 4. The SMILES string of the molecule is Cc1sc(-c2sc([C+]3S/C(=c4/s/c(=C5/S[C-](c6sc(C)c7c6OCCO7)C6=C5OCCO6)c5c4OCCO5)C4=C3OCCO4)c3c2OCCO3)c2c1OCCO2. The van der Waals surface area contributed by atoms with Crippen molar-refractivity contribution in [1.82, 2.24) is 0 Å². The molecule has 0 bridgehead atoms. The maximum absolute atomic E-state index is 6.47. The maximum atomic E-state index is 6.47. The van der Waals surface area contributed by atoms with E-state index in [1.165, 1.54) is 0 Å². The van der Waals surface area contributed by atoms with E-state index >= 15 is 0 Å². The topological polar surface area (TPSA) is 111 Å². The van der Waals surface area contributed by atoms with Crippen molar-refractivity contribution in [3.05, 3.63) is 62.1 Å². The molecule has 0 atom stereocenters. The van der Waals surface area contributed by atoms with Crippen molar-refractivity contribution in [1.29, 1.82) is 0 Å². The molecule has 4 aromatic heterocycles. The molecule has 8 aliphatic rings. The molecule has 0 radical (unpaired) electrons. The molecule has 0 fully saturated rings. The van der Waals surface area contributed by atoms with Crippen molar-refractivity contribution in [3.8, 4) is 55.8 Å². The Morgan fingerprint density at radius 1 is 0.446 bits per heavy atom. The van der Waals surface area contributed by atoms with Gasteiger partial charge in [0.25, 0.3) is 17.3 Å². The van der Waals surface area contributed by atoms with Gasteiger partial charge >= 0.3 is 0 Å². The molecule has 0 saturated heterocycles. The first-order valence-electron chi connectivity index (χ1n) is 18.1. The summed E-state index contributed by atoms with van der Waals surface area (Å²) in [6.45, 7) is 9.62. The van der Waals surface area contributed by atoms with E-state index in [9.17, 15) is 0 Å². The maximum Gasteiger partial charge on any atom is 0.293 e. The summed E-state index contributed by atoms with van der Waals surface area (Å²) in [6, 6.07) is 0. The quantitative estimate of drug-likeness (QED) is 0.204. The minimum absolute atomic E-state index is 0.419. The van der Waals surface area contributed by atoms with Gasteiger partial charge in [-0.1, -0.05) is 11.3 Å². The molecule has 8 aliphatic heterocycles. The first-order chi connectivity index (χ1) is 27.6. The van der Waals surface area contributed by atoms with E-state index in [4.69, 9.17) is 56.8 Å². The lowest BCUT2D eigenvalue weighted by atomic mass is 10.2. The third-order valence-corrected chi connectivity index (χ3v) is 17.3. The Morgan fingerprint density at radius 3 is 1.71 bits per heavy atom. The molecule has 56 heavy (non-hydrogen) atoms. The first-order valence-corrected chi connectivity index (χ1v) is 23.0. The smallest absolute Gasteiger partial charge is 0.293 e. The van der Waals surface area contributed by atoms with Crippen molar-refractivity contribution >= 4 is 78.7 Å². The van der Waals surface area contributed by atoms with Gasteiger partial charge in [0, 0.05) is 26.4 Å². The van der Waals surface area contributed by atoms with Gasteiger partial charge in [0.1, 0.15) is 99.3 Å². The zero-order chi connectivity index (χ0) is 37.1. The summed E-state index contributed by atoms with van der Waals surface area (Å²) in [7, 11) is 0. The van der Waals surface area contributed by atoms with Crippen molar-refractivity contribution in [2.24, 2.45) is 0 Å². The van der Waals surface area contributed by atoms with Crippen molar-refractivity contribution < 1.29 is 56.8 Å². The zero-order valence-corrected chi connectivity index (χ0v) is 34.7. The number of hydrogen-bond donors (Lipinski definition) is 0. The van der Waals surface area contributed by atoms with Crippen LogP contribution in [-0.2, 0) is 18.9 Å². The summed E-state index contributed by atoms with van der Waals surface area (Å²) < 4.78 is 77.5. The first kappa shape index (κ1) is 34.1. The molecule has 4 aromatic rings. The van der Waals surface area contributed by atoms with Gasteiger partial charge in [0.2, 0.25) is 10.6 Å². The van der Waals surface area contributed by atoms with Crippen molar-refractivity contribution in [2.45, 2.75) is 13.8 Å². The van der Waals surface area contributed by atoms with Gasteiger partial charge in [-0.3, -0.25) is 0 Å². The molecule has 0 unspecified atom stereocenters. The van der Waals surface area contributed by atoms with E-state index in [0.29, 0.717) is 125 Å². The van der Waals surface area contributed by atoms with Gasteiger partial charge in [-0.15, -0.1) is 22.7 Å². The van der Waals surface area contributed by atoms with Crippen LogP contribution in [-0.4, -0.2) is 79.3 Å². The van der Waals surface area contributed by atoms with Crippen LogP contribution in [0.4, 0.5) is 0 Å². The highest BCUT2D eigenvalue weighted by Crippen LogP contribution is 2.64. The standard InChI is InChI=1S/C38H30O12S6/c1-15-17-19(41-5-3-39-17)29(51-15)31-21-23(45-9-7-43-21)33(53-31)35-25-27(49-13-11-47-25)37(55-35)38-28-26(48-12-14-50-28)36(56-38)34-24-22(44-8-10-46-24)32(54-34)30-20-18(16(2)52-30)40-4-6-42-20/h3-14H2,1-2H3/b35-33+,38-37+. The van der Waals surface area contributed by atoms with Gasteiger partial charge < -0.3 is 56.8 Å². The third kappa shape index (κ3) is 5.08. The molecule has 18 heteroatoms. The second kappa shape index (κ2) is 13.3. The second-order valence-electron chi connectivity index (χ2n) is 13.1. The molecule has 290 valence electrons. The van der Waals surface area contributed by atoms with E-state index in [1.54, 1.807) is 68.9 Å². The highest BCUT2D eigenvalue weighted by molar-refractivity contribution is 8.12. The largest absolute Gasteiger partial charge is 0.542 e. The van der Waals surface area contributed by atoms with Gasteiger partial charge in [-0.05, 0) is 24.0 Å². The van der Waals surface area contributed by atoms with Crippen LogP contribution in [0.5, 0.6) is 46.0 Å². The number of aryl methyl sites for hydroxylation is 2. The molecule has 0 amide bonds. The number of ether oxygens (including phenoxy) is 12. The molecule has 12 nitrogen and oxygen atoms in total. The van der Waals surface area contributed by atoms with E-state index < -0.39 is 0 Å². The number of fused-ring (bicyclic) bond motifs is 4. The molecular weight excluding hydrogens is 841 g/mol. The molecule has 12 rings (SSSR count). The van der Waals surface area contributed by atoms with Crippen LogP contribution in [0.3, 0.4) is 0 Å². The molecule has 0 aromatic carbocycles. The van der Waals surface area contributed by atoms with Crippen LogP contribution >= 0.6 is 68.9 Å². The van der Waals surface area contributed by atoms with Gasteiger partial charge in [-0.25, -0.2) is 0 Å². The Balaban J connectivity index is 1.01. The average molecular weight is 871 g/mol. The zero-order valence-electron chi connectivity index (χ0n) is 29.8. The average Bonchev–Trinajstić information content (AvgIpc) is 4.10. The molecular formula is C38H30O12S6. The van der Waals surface area contributed by atoms with E-state index in [-0.39, 0.29) is 0 Å². The van der Waals surface area contributed by atoms with E-state index in [0.717, 1.165) is 81.6 Å². The fourth-order valence-electron chi connectivity index (χ4n) is 7.49. The van der Waals surface area contributed by atoms with E-state index in [2.05, 4.69) is 13.8 Å². The lowest BCUT2D eigenvalue weighted by Crippen LogP contribution is -2.21. The lowest BCUT2D eigenvalue weighted by molar-refractivity contribution is 0.0771. The predicted octanol–water partition coefficient (Wildman–Crippen LogP) is 6.69. The Labute approximate surface area is 344 Å². The van der Waals surface area contributed by atoms with Crippen molar-refractivity contribution in [3.63, 3.8) is 0 Å². The summed E-state index contributed by atoms with van der Waals surface area (Å²) in [5.74, 6) is 8.64. The highest BCUT2D eigenvalue weighted by atomic mass is 32.2. The summed E-state index contributed by atoms with van der Waals surface area (Å²) >= 11 is 9.69. The third-order valence-electron chi connectivity index (χ3n) is 9.75. The Hall–Kier alpha value is -3.94. The highest BCUT2D eigenvalue weighted by Gasteiger charge is 2.52. The molecule has 12 heterocycles. The normalized spacial score (nSPS) is 22.3. The monoisotopic (exact) mass is 870 g/mol. The summed E-state index contributed by atoms with van der Waals surface area (Å²) in [5.41, 5.74) is 0. The van der Waals surface area contributed by atoms with Crippen LogP contribution in [0.2, 0.25) is 0 Å². The van der Waals surface area contributed by atoms with Gasteiger partial charge in [0.15, 0.2) is 28.2 Å². The minimum atomic E-state index is 0.419. The Morgan fingerprint density at radius 2 is 0.964 bits per heavy atom. The molecule has 0 spiro atoms. The van der Waals surface area contributed by atoms with Crippen LogP contribution in [0, 0.1) is 24.3 Å². The summed E-state index contributed by atoms with van der Waals surface area (Å²) in [6.07, 6.45) is 0. The Bertz CT molecular complexity index is 2520. The van der Waals surface area contributed by atoms with Crippen LogP contribution < -0.4 is 47.0 Å². The predicted molar refractivity (Wildman–Crippen MR) is 214 cm³/mol. The number of rotatable bonds is 3. The van der Waals surface area contributed by atoms with Gasteiger partial charge in [-0.2, -0.15) is 23.1 Å². The lowest BCUT2D eigenvalue weighted by Gasteiger charge is -2.28. The van der Waals surface area contributed by atoms with Crippen LogP contribution in [0.25, 0.3) is 19.6 Å². The number of hydrogen-bond acceptors (Lipinski definition) is 18. The fourth-order valence-corrected chi connectivity index (χ4v) is 15.0. The minimum Gasteiger partial charge on any atom is -0.542 e. The molecule has 0 aliphatic carbocycles. The van der Waals surface area contributed by atoms with Gasteiger partial charge in [0.05, 0.1) is 26.7 Å². The second-order valence-corrected chi connectivity index (χ2v) is 19.7. The summed E-state index contributed by atoms with van der Waals surface area (Å²) in [5, 5.41) is 1.85. The van der Waals surface area contributed by atoms with Crippen LogP contribution in [0.1, 0.15) is 19.5 Å². The summed E-state index contributed by atoms with van der Waals surface area (Å²) in [4.78, 5) is 7.74.